The molecule has 1 N–H and O–H groups in total. The molecule has 0 fully saturated rings. The predicted molar refractivity (Wildman–Crippen MR) is 157 cm³/mol. The monoisotopic (exact) mass is 599 g/mol. The number of fused-ring (bicyclic) bond motifs is 1. The Hall–Kier alpha value is -4.29. The Bertz CT molecular complexity index is 1590. The van der Waals surface area contributed by atoms with Crippen molar-refractivity contribution in [2.24, 2.45) is 0 Å². The van der Waals surface area contributed by atoms with Gasteiger partial charge in [0.2, 0.25) is 5.91 Å². The topological polar surface area (TPSA) is 79.8 Å². The van der Waals surface area contributed by atoms with Crippen LogP contribution in [0.25, 0.3) is 22.2 Å². The summed E-state index contributed by atoms with van der Waals surface area (Å²) in [7, 11) is 8.47. The van der Waals surface area contributed by atoms with Crippen LogP contribution < -0.4 is 14.8 Å². The van der Waals surface area contributed by atoms with E-state index in [1.165, 1.54) is 6.20 Å². The largest absolute Gasteiger partial charge is 0.493 e. The summed E-state index contributed by atoms with van der Waals surface area (Å²) in [5.74, 6) is -0.497. The van der Waals surface area contributed by atoms with Gasteiger partial charge >= 0.3 is 6.18 Å². The van der Waals surface area contributed by atoms with Crippen LogP contribution in [0.1, 0.15) is 16.7 Å². The lowest BCUT2D eigenvalue weighted by Crippen LogP contribution is -2.29. The quantitative estimate of drug-likeness (QED) is 0.223. The van der Waals surface area contributed by atoms with Crippen LogP contribution in [-0.4, -0.2) is 74.1 Å². The predicted octanol–water partition coefficient (Wildman–Crippen LogP) is 5.65. The van der Waals surface area contributed by atoms with Gasteiger partial charge in [-0.2, -0.15) is 13.2 Å². The number of carbonyl (C=O) groups is 1. The molecule has 1 amide bonds. The Morgan fingerprint density at radius 2 is 1.65 bits per heavy atom. The van der Waals surface area contributed by atoms with Crippen molar-refractivity contribution in [1.29, 1.82) is 0 Å². The first-order chi connectivity index (χ1) is 20.4. The normalized spacial score (nSPS) is 11.8. The van der Waals surface area contributed by atoms with E-state index in [-0.39, 0.29) is 18.5 Å². The van der Waals surface area contributed by atoms with Crippen molar-refractivity contribution in [1.82, 2.24) is 19.8 Å². The number of nitrogens with one attached hydrogen (secondary N) is 1. The third-order valence-electron chi connectivity index (χ3n) is 6.81. The number of benzene rings is 2. The van der Waals surface area contributed by atoms with Crippen LogP contribution in [0.3, 0.4) is 0 Å². The van der Waals surface area contributed by atoms with Crippen LogP contribution in [0, 0.1) is 5.82 Å². The smallest absolute Gasteiger partial charge is 0.416 e. The molecule has 0 aliphatic heterocycles. The number of halogens is 4. The minimum Gasteiger partial charge on any atom is -0.493 e. The van der Waals surface area contributed by atoms with E-state index in [0.717, 1.165) is 17.0 Å². The highest BCUT2D eigenvalue weighted by Crippen LogP contribution is 2.36. The first-order valence-corrected chi connectivity index (χ1v) is 13.4. The van der Waals surface area contributed by atoms with Gasteiger partial charge in [-0.1, -0.05) is 6.07 Å². The van der Waals surface area contributed by atoms with Crippen LogP contribution in [0.5, 0.6) is 11.5 Å². The molecule has 0 saturated heterocycles. The molecule has 0 bridgehead atoms. The number of aromatic nitrogens is 2. The maximum Gasteiger partial charge on any atom is 0.416 e. The van der Waals surface area contributed by atoms with Crippen LogP contribution in [0.2, 0.25) is 0 Å². The summed E-state index contributed by atoms with van der Waals surface area (Å²) < 4.78 is 67.1. The number of alkyl halides is 3. The Balaban J connectivity index is 1.47. The number of hydrogen-bond donors (Lipinski definition) is 1. The lowest BCUT2D eigenvalue weighted by molar-refractivity contribution is -0.138. The molecular formula is C31H33F4N5O3. The van der Waals surface area contributed by atoms with Crippen molar-refractivity contribution in [2.45, 2.75) is 19.1 Å². The van der Waals surface area contributed by atoms with E-state index in [2.05, 4.69) is 15.3 Å². The average molecular weight is 600 g/mol. The lowest BCUT2D eigenvalue weighted by atomic mass is 10.0. The van der Waals surface area contributed by atoms with Crippen molar-refractivity contribution < 1.29 is 31.8 Å². The molecule has 4 aromatic rings. The number of hydrogen-bond acceptors (Lipinski definition) is 7. The zero-order chi connectivity index (χ0) is 31.3. The van der Waals surface area contributed by atoms with Crippen LogP contribution in [0.4, 0.5) is 23.2 Å². The molecule has 2 heterocycles. The van der Waals surface area contributed by atoms with Gasteiger partial charge in [-0.15, -0.1) is 0 Å². The first kappa shape index (κ1) is 31.6. The number of pyridine rings is 2. The average Bonchev–Trinajstić information content (AvgIpc) is 2.96. The van der Waals surface area contributed by atoms with Gasteiger partial charge in [0.1, 0.15) is 5.82 Å². The van der Waals surface area contributed by atoms with Gasteiger partial charge in [0, 0.05) is 49.0 Å². The molecule has 0 radical (unpaired) electrons. The molecule has 43 heavy (non-hydrogen) atoms. The van der Waals surface area contributed by atoms with E-state index in [1.54, 1.807) is 50.6 Å². The van der Waals surface area contributed by atoms with E-state index < -0.39 is 29.2 Å². The molecule has 0 unspecified atom stereocenters. The van der Waals surface area contributed by atoms with Gasteiger partial charge < -0.3 is 24.6 Å². The lowest BCUT2D eigenvalue weighted by Gasteiger charge is -2.22. The summed E-state index contributed by atoms with van der Waals surface area (Å²) in [5, 5.41) is 3.10. The molecule has 4 rings (SSSR count). The highest BCUT2D eigenvalue weighted by atomic mass is 19.4. The van der Waals surface area contributed by atoms with Crippen molar-refractivity contribution in [3.63, 3.8) is 0 Å². The molecule has 0 aliphatic carbocycles. The van der Waals surface area contributed by atoms with E-state index in [0.29, 0.717) is 47.4 Å². The standard InChI is InChI=1S/C31H33F4N5O3/c1-39(2)8-9-40(3)18-22-12-24(32)27(14-23(22)31(33,34)35)38-30(41)10-19-6-7-25(36-16-19)21-11-20-13-28(42-4)29(43-5)15-26(20)37-17-21/h6-7,11-17H,8-10,18H2,1-5H3,(H,38,41). The summed E-state index contributed by atoms with van der Waals surface area (Å²) in [4.78, 5) is 25.2. The molecule has 0 saturated carbocycles. The molecule has 2 aromatic carbocycles. The highest BCUT2D eigenvalue weighted by molar-refractivity contribution is 5.92. The fourth-order valence-electron chi connectivity index (χ4n) is 4.52. The van der Waals surface area contributed by atoms with E-state index in [4.69, 9.17) is 9.47 Å². The molecule has 0 aliphatic rings. The fourth-order valence-corrected chi connectivity index (χ4v) is 4.52. The van der Waals surface area contributed by atoms with Crippen molar-refractivity contribution in [3.8, 4) is 22.8 Å². The second-order valence-electron chi connectivity index (χ2n) is 10.4. The van der Waals surface area contributed by atoms with Crippen LogP contribution in [-0.2, 0) is 23.9 Å². The third-order valence-corrected chi connectivity index (χ3v) is 6.81. The van der Waals surface area contributed by atoms with Gasteiger partial charge in [-0.05, 0) is 62.6 Å². The summed E-state index contributed by atoms with van der Waals surface area (Å²) in [6, 6.07) is 10.3. The molecular weight excluding hydrogens is 566 g/mol. The van der Waals surface area contributed by atoms with E-state index in [1.807, 2.05) is 31.1 Å². The first-order valence-electron chi connectivity index (χ1n) is 13.4. The number of ether oxygens (including phenoxy) is 2. The molecule has 8 nitrogen and oxygen atoms in total. The number of anilines is 1. The molecule has 2 aromatic heterocycles. The molecule has 12 heteroatoms. The van der Waals surface area contributed by atoms with E-state index in [9.17, 15) is 22.4 Å². The van der Waals surface area contributed by atoms with Crippen molar-refractivity contribution in [2.75, 3.05) is 53.8 Å². The summed E-state index contributed by atoms with van der Waals surface area (Å²) >= 11 is 0. The van der Waals surface area contributed by atoms with Gasteiger partial charge in [0.15, 0.2) is 11.5 Å². The summed E-state index contributed by atoms with van der Waals surface area (Å²) in [6.45, 7) is 1.03. The fraction of sp³-hybridized carbons (Fsp3) is 0.323. The number of carbonyl (C=O) groups excluding carboxylic acids is 1. The number of amides is 1. The van der Waals surface area contributed by atoms with Gasteiger partial charge in [0.05, 0.1) is 43.1 Å². The Kier molecular flexibility index (Phi) is 9.82. The zero-order valence-electron chi connectivity index (χ0n) is 24.6. The van der Waals surface area contributed by atoms with Gasteiger partial charge in [-0.25, -0.2) is 4.39 Å². The Labute approximate surface area is 247 Å². The second-order valence-corrected chi connectivity index (χ2v) is 10.4. The molecule has 0 spiro atoms. The van der Waals surface area contributed by atoms with E-state index >= 15 is 0 Å². The maximum atomic E-state index is 14.9. The Morgan fingerprint density at radius 1 is 0.930 bits per heavy atom. The number of rotatable bonds is 11. The number of nitrogens with zero attached hydrogens (tertiary/aromatic N) is 4. The van der Waals surface area contributed by atoms with Crippen molar-refractivity contribution >= 4 is 22.5 Å². The van der Waals surface area contributed by atoms with Crippen LogP contribution in [0.15, 0.2) is 54.9 Å². The van der Waals surface area contributed by atoms with Crippen molar-refractivity contribution in [3.05, 3.63) is 77.4 Å². The second kappa shape index (κ2) is 13.3. The van der Waals surface area contributed by atoms with Crippen LogP contribution >= 0.6 is 0 Å². The maximum absolute atomic E-state index is 14.9. The number of likely N-dealkylation sites (N-methyl/N-ethyl adjacent to an activating group) is 2. The third kappa shape index (κ3) is 7.96. The number of methoxy groups -OCH3 is 2. The summed E-state index contributed by atoms with van der Waals surface area (Å²) in [6.07, 6.45) is -1.79. The van der Waals surface area contributed by atoms with Gasteiger partial charge in [-0.3, -0.25) is 14.8 Å². The minimum atomic E-state index is -4.72. The molecule has 0 atom stereocenters. The highest BCUT2D eigenvalue weighted by Gasteiger charge is 2.35. The SMILES string of the molecule is COc1cc2cc(-c3ccc(CC(=O)Nc4cc(C(F)(F)F)c(CN(C)CCN(C)C)cc4F)cn3)cnc2cc1OC. The van der Waals surface area contributed by atoms with Gasteiger partial charge in [0.25, 0.3) is 0 Å². The molecule has 228 valence electrons. The minimum absolute atomic E-state index is 0.0969. The zero-order valence-corrected chi connectivity index (χ0v) is 24.6. The Morgan fingerprint density at radius 3 is 2.28 bits per heavy atom. The summed E-state index contributed by atoms with van der Waals surface area (Å²) in [5.41, 5.74) is 0.801.